The summed E-state index contributed by atoms with van der Waals surface area (Å²) < 4.78 is 84.6. The lowest BCUT2D eigenvalue weighted by molar-refractivity contribution is -0.139. The Morgan fingerprint density at radius 3 is 2.42 bits per heavy atom. The van der Waals surface area contributed by atoms with E-state index in [0.29, 0.717) is 12.8 Å². The van der Waals surface area contributed by atoms with Gasteiger partial charge in [0.1, 0.15) is 11.3 Å². The van der Waals surface area contributed by atoms with Crippen LogP contribution in [0.1, 0.15) is 30.9 Å². The number of carbonyl (C=O) groups excluding carboxylic acids is 1. The summed E-state index contributed by atoms with van der Waals surface area (Å²) >= 11 is 0. The molecule has 1 saturated carbocycles. The molecule has 0 unspecified atom stereocenters. The summed E-state index contributed by atoms with van der Waals surface area (Å²) in [6.07, 6.45) is -3.25. The molecule has 1 aliphatic carbocycles. The largest absolute Gasteiger partial charge is 0.506 e. The van der Waals surface area contributed by atoms with E-state index in [1.807, 2.05) is 0 Å². The number of esters is 1. The predicted octanol–water partition coefficient (Wildman–Crippen LogP) is 4.19. The smallest absolute Gasteiger partial charge is 0.417 e. The van der Waals surface area contributed by atoms with Crippen LogP contribution in [0.25, 0.3) is 5.76 Å². The number of alkyl halides is 3. The molecule has 10 heteroatoms. The van der Waals surface area contributed by atoms with Gasteiger partial charge in [0, 0.05) is 6.21 Å². The number of nitrogens with zero attached hydrogens (tertiary/aromatic N) is 1. The molecule has 1 fully saturated rings. The molecule has 0 bridgehead atoms. The van der Waals surface area contributed by atoms with Gasteiger partial charge in [-0.2, -0.15) is 13.2 Å². The average Bonchev–Trinajstić information content (AvgIpc) is 3.36. The zero-order chi connectivity index (χ0) is 19.6. The van der Waals surface area contributed by atoms with Crippen molar-refractivity contribution in [3.8, 4) is 0 Å². The fourth-order valence-corrected chi connectivity index (χ4v) is 2.01. The van der Waals surface area contributed by atoms with Crippen molar-refractivity contribution in [3.05, 3.63) is 40.2 Å². The van der Waals surface area contributed by atoms with Crippen LogP contribution < -0.4 is 0 Å². The van der Waals surface area contributed by atoms with Gasteiger partial charge in [-0.15, -0.1) is 0 Å². The lowest BCUT2D eigenvalue weighted by atomic mass is 10.0. The Morgan fingerprint density at radius 2 is 1.92 bits per heavy atom. The summed E-state index contributed by atoms with van der Waals surface area (Å²) in [5, 5.41) is 10.1. The van der Waals surface area contributed by atoms with Crippen LogP contribution in [0.15, 0.2) is 16.6 Å². The van der Waals surface area contributed by atoms with Crippen molar-refractivity contribution in [2.45, 2.75) is 32.0 Å². The third-order valence-electron chi connectivity index (χ3n) is 3.42. The number of ether oxygens (including phenoxy) is 1. The topological polar surface area (TPSA) is 58.9 Å². The van der Waals surface area contributed by atoms with Gasteiger partial charge in [-0.25, -0.2) is 18.0 Å². The molecule has 2 rings (SSSR count). The summed E-state index contributed by atoms with van der Waals surface area (Å²) in [4.78, 5) is 15.7. The van der Waals surface area contributed by atoms with Crippen LogP contribution in [-0.2, 0) is 15.7 Å². The number of aliphatic imine (C=N–C) groups is 1. The molecule has 4 nitrogen and oxygen atoms in total. The minimum absolute atomic E-state index is 0.191. The second kappa shape index (κ2) is 7.38. The molecule has 1 aromatic carbocycles. The molecule has 0 heterocycles. The molecule has 1 aliphatic rings. The lowest BCUT2D eigenvalue weighted by Gasteiger charge is -2.15. The second-order valence-corrected chi connectivity index (χ2v) is 5.40. The summed E-state index contributed by atoms with van der Waals surface area (Å²) in [6, 6.07) is -0.491. The van der Waals surface area contributed by atoms with Crippen LogP contribution in [0.4, 0.5) is 26.3 Å². The SMILES string of the molecule is CCOC(=O)/C(C=NC1CC1)=C(/O)c1c(C(F)(F)F)cc(F)c(F)c1F. The van der Waals surface area contributed by atoms with Crippen LogP contribution in [0.2, 0.25) is 0 Å². The van der Waals surface area contributed by atoms with Gasteiger partial charge < -0.3 is 9.84 Å². The Bertz CT molecular complexity index is 781. The number of hydrogen-bond acceptors (Lipinski definition) is 4. The van der Waals surface area contributed by atoms with Gasteiger partial charge in [0.05, 0.1) is 23.8 Å². The van der Waals surface area contributed by atoms with E-state index in [4.69, 9.17) is 0 Å². The van der Waals surface area contributed by atoms with Gasteiger partial charge in [0.2, 0.25) is 0 Å². The Kier molecular flexibility index (Phi) is 5.62. The molecular weight excluding hydrogens is 368 g/mol. The van der Waals surface area contributed by atoms with Gasteiger partial charge in [-0.1, -0.05) is 0 Å². The van der Waals surface area contributed by atoms with Gasteiger partial charge in [-0.05, 0) is 25.8 Å². The summed E-state index contributed by atoms with van der Waals surface area (Å²) in [7, 11) is 0. The molecule has 26 heavy (non-hydrogen) atoms. The van der Waals surface area contributed by atoms with Crippen LogP contribution in [0, 0.1) is 17.5 Å². The summed E-state index contributed by atoms with van der Waals surface area (Å²) in [6.45, 7) is 1.20. The van der Waals surface area contributed by atoms with Crippen molar-refractivity contribution in [3.63, 3.8) is 0 Å². The zero-order valence-electron chi connectivity index (χ0n) is 13.3. The Balaban J connectivity index is 2.72. The Morgan fingerprint density at radius 1 is 1.31 bits per heavy atom. The fraction of sp³-hybridized carbons (Fsp3) is 0.375. The van der Waals surface area contributed by atoms with Crippen molar-refractivity contribution in [2.75, 3.05) is 6.61 Å². The first-order valence-corrected chi connectivity index (χ1v) is 7.46. The van der Waals surface area contributed by atoms with E-state index in [9.17, 15) is 36.2 Å². The number of halogens is 6. The first-order chi connectivity index (χ1) is 12.1. The fourth-order valence-electron chi connectivity index (χ4n) is 2.01. The Hall–Kier alpha value is -2.52. The van der Waals surface area contributed by atoms with E-state index in [0.717, 1.165) is 6.21 Å². The molecule has 1 aromatic rings. The van der Waals surface area contributed by atoms with Crippen molar-refractivity contribution in [1.82, 2.24) is 0 Å². The highest BCUT2D eigenvalue weighted by Gasteiger charge is 2.39. The number of rotatable bonds is 5. The van der Waals surface area contributed by atoms with Gasteiger partial charge in [-0.3, -0.25) is 4.99 Å². The van der Waals surface area contributed by atoms with E-state index >= 15 is 0 Å². The van der Waals surface area contributed by atoms with Crippen LogP contribution in [0.3, 0.4) is 0 Å². The molecule has 0 atom stereocenters. The molecule has 0 spiro atoms. The monoisotopic (exact) mass is 381 g/mol. The van der Waals surface area contributed by atoms with E-state index < -0.39 is 52.1 Å². The maximum atomic E-state index is 14.0. The third-order valence-corrected chi connectivity index (χ3v) is 3.42. The molecule has 1 N–H and O–H groups in total. The van der Waals surface area contributed by atoms with Crippen LogP contribution in [-0.4, -0.2) is 29.9 Å². The maximum Gasteiger partial charge on any atom is 0.417 e. The van der Waals surface area contributed by atoms with E-state index in [1.54, 1.807) is 0 Å². The summed E-state index contributed by atoms with van der Waals surface area (Å²) in [5.41, 5.74) is -4.57. The molecule has 0 radical (unpaired) electrons. The molecule has 0 aliphatic heterocycles. The predicted molar refractivity (Wildman–Crippen MR) is 79.0 cm³/mol. The highest BCUT2D eigenvalue weighted by atomic mass is 19.4. The molecular formula is C16H13F6NO3. The normalized spacial score (nSPS) is 16.0. The quantitative estimate of drug-likeness (QED) is 0.208. The van der Waals surface area contributed by atoms with Crippen LogP contribution >= 0.6 is 0 Å². The van der Waals surface area contributed by atoms with E-state index in [1.165, 1.54) is 6.92 Å². The van der Waals surface area contributed by atoms with E-state index in [2.05, 4.69) is 9.73 Å². The second-order valence-electron chi connectivity index (χ2n) is 5.40. The number of benzene rings is 1. The van der Waals surface area contributed by atoms with Crippen molar-refractivity contribution < 1.29 is 41.0 Å². The zero-order valence-corrected chi connectivity index (χ0v) is 13.3. The first kappa shape index (κ1) is 19.8. The first-order valence-electron chi connectivity index (χ1n) is 7.46. The molecule has 0 amide bonds. The third kappa shape index (κ3) is 4.17. The number of aliphatic hydroxyl groups excluding tert-OH is 1. The molecule has 0 aromatic heterocycles. The molecule has 142 valence electrons. The minimum Gasteiger partial charge on any atom is -0.506 e. The highest BCUT2D eigenvalue weighted by Crippen LogP contribution is 2.38. The molecule has 0 saturated heterocycles. The van der Waals surface area contributed by atoms with Gasteiger partial charge in [0.15, 0.2) is 17.5 Å². The van der Waals surface area contributed by atoms with E-state index in [-0.39, 0.29) is 18.7 Å². The standard InChI is InChI=1S/C16H13F6NO3/c1-2-26-15(25)8(6-23-7-3-4-7)14(24)11-9(16(20,21)22)5-10(17)12(18)13(11)19/h5-7,24H,2-4H2,1H3/b14-8+,23-6?. The number of hydrogen-bond donors (Lipinski definition) is 1. The van der Waals surface area contributed by atoms with Gasteiger partial charge in [0.25, 0.3) is 0 Å². The average molecular weight is 381 g/mol. The van der Waals surface area contributed by atoms with Crippen molar-refractivity contribution >= 4 is 17.9 Å². The maximum absolute atomic E-state index is 14.0. The van der Waals surface area contributed by atoms with Crippen molar-refractivity contribution in [1.29, 1.82) is 0 Å². The number of carbonyl (C=O) groups is 1. The van der Waals surface area contributed by atoms with Crippen LogP contribution in [0.5, 0.6) is 0 Å². The van der Waals surface area contributed by atoms with Crippen molar-refractivity contribution in [2.24, 2.45) is 4.99 Å². The number of aliphatic hydroxyl groups is 1. The highest BCUT2D eigenvalue weighted by molar-refractivity contribution is 6.15. The lowest BCUT2D eigenvalue weighted by Crippen LogP contribution is -2.17. The summed E-state index contributed by atoms with van der Waals surface area (Å²) in [5.74, 6) is -9.42. The Labute approximate surface area is 143 Å². The minimum atomic E-state index is -5.33. The van der Waals surface area contributed by atoms with Gasteiger partial charge >= 0.3 is 12.1 Å².